The average Bonchev–Trinajstić information content (AvgIpc) is 2.96. The Kier molecular flexibility index (Phi) is 7.05. The van der Waals surface area contributed by atoms with Crippen molar-refractivity contribution in [3.05, 3.63) is 44.3 Å². The third-order valence-corrected chi connectivity index (χ3v) is 4.79. The van der Waals surface area contributed by atoms with Gasteiger partial charge in [-0.2, -0.15) is 0 Å². The first kappa shape index (κ1) is 17.9. The van der Waals surface area contributed by atoms with Crippen LogP contribution in [0.3, 0.4) is 0 Å². The van der Waals surface area contributed by atoms with Crippen LogP contribution >= 0.6 is 27.3 Å². The van der Waals surface area contributed by atoms with Gasteiger partial charge in [-0.15, -0.1) is 11.3 Å². The molecule has 0 radical (unpaired) electrons. The van der Waals surface area contributed by atoms with Gasteiger partial charge < -0.3 is 10.1 Å². The van der Waals surface area contributed by atoms with E-state index in [1.807, 2.05) is 18.4 Å². The molecule has 0 saturated heterocycles. The van der Waals surface area contributed by atoms with E-state index in [2.05, 4.69) is 45.3 Å². The second-order valence-corrected chi connectivity index (χ2v) is 7.12. The number of nitrogens with one attached hydrogen (secondary N) is 1. The number of nitrogens with zero attached hydrogens (tertiary/aromatic N) is 1. The highest BCUT2D eigenvalue weighted by atomic mass is 79.9. The molecule has 0 spiro atoms. The number of halogens is 1. The van der Waals surface area contributed by atoms with Crippen molar-refractivity contribution in [2.24, 2.45) is 0 Å². The molecule has 0 aliphatic carbocycles. The standard InChI is InChI=1S/C17H21BrN2O2S/c1-3-13-6-7-16(15(18)9-13)22-8-4-5-17(21)19-10-14-11-23-12(2)20-14/h6-7,9,11H,3-5,8,10H2,1-2H3,(H,19,21). The number of aryl methyl sites for hydroxylation is 2. The average molecular weight is 397 g/mol. The lowest BCUT2D eigenvalue weighted by molar-refractivity contribution is -0.121. The minimum atomic E-state index is 0.0275. The minimum Gasteiger partial charge on any atom is -0.492 e. The molecule has 2 aromatic rings. The summed E-state index contributed by atoms with van der Waals surface area (Å²) in [5.41, 5.74) is 2.18. The van der Waals surface area contributed by atoms with Gasteiger partial charge in [-0.05, 0) is 53.4 Å². The Morgan fingerprint density at radius 3 is 2.91 bits per heavy atom. The molecule has 4 nitrogen and oxygen atoms in total. The number of benzene rings is 1. The normalized spacial score (nSPS) is 10.6. The number of hydrogen-bond acceptors (Lipinski definition) is 4. The smallest absolute Gasteiger partial charge is 0.220 e. The van der Waals surface area contributed by atoms with Crippen LogP contribution in [0.2, 0.25) is 0 Å². The zero-order valence-electron chi connectivity index (χ0n) is 13.4. The molecular weight excluding hydrogens is 376 g/mol. The Balaban J connectivity index is 1.65. The lowest BCUT2D eigenvalue weighted by atomic mass is 10.2. The van der Waals surface area contributed by atoms with Crippen molar-refractivity contribution < 1.29 is 9.53 Å². The third-order valence-electron chi connectivity index (χ3n) is 3.34. The Morgan fingerprint density at radius 2 is 2.26 bits per heavy atom. The first-order valence-electron chi connectivity index (χ1n) is 7.67. The molecule has 1 aromatic heterocycles. The van der Waals surface area contributed by atoms with E-state index >= 15 is 0 Å². The van der Waals surface area contributed by atoms with Gasteiger partial charge in [0.25, 0.3) is 0 Å². The Bertz CT molecular complexity index is 658. The molecule has 0 fully saturated rings. The fourth-order valence-electron chi connectivity index (χ4n) is 2.06. The Hall–Kier alpha value is -1.40. The zero-order valence-corrected chi connectivity index (χ0v) is 15.8. The minimum absolute atomic E-state index is 0.0275. The summed E-state index contributed by atoms with van der Waals surface area (Å²) in [5, 5.41) is 5.86. The topological polar surface area (TPSA) is 51.2 Å². The molecule has 1 heterocycles. The first-order valence-corrected chi connectivity index (χ1v) is 9.34. The number of ether oxygens (including phenoxy) is 1. The summed E-state index contributed by atoms with van der Waals surface area (Å²) in [6.07, 6.45) is 2.13. The van der Waals surface area contributed by atoms with Crippen molar-refractivity contribution in [2.45, 2.75) is 39.7 Å². The van der Waals surface area contributed by atoms with Crippen molar-refractivity contribution in [1.82, 2.24) is 10.3 Å². The fraction of sp³-hybridized carbons (Fsp3) is 0.412. The summed E-state index contributed by atoms with van der Waals surface area (Å²) in [4.78, 5) is 16.1. The SMILES string of the molecule is CCc1ccc(OCCCC(=O)NCc2csc(C)n2)c(Br)c1. The molecule has 0 aliphatic heterocycles. The molecule has 1 N–H and O–H groups in total. The number of carbonyl (C=O) groups excluding carboxylic acids is 1. The number of carbonyl (C=O) groups is 1. The van der Waals surface area contributed by atoms with Gasteiger partial charge in [0.1, 0.15) is 5.75 Å². The van der Waals surface area contributed by atoms with Crippen molar-refractivity contribution in [2.75, 3.05) is 6.61 Å². The highest BCUT2D eigenvalue weighted by Crippen LogP contribution is 2.26. The van der Waals surface area contributed by atoms with E-state index in [0.717, 1.165) is 27.3 Å². The predicted octanol–water partition coefficient (Wildman–Crippen LogP) is 4.25. The Labute approximate surface area is 149 Å². The number of rotatable bonds is 8. The van der Waals surface area contributed by atoms with Gasteiger partial charge in [-0.3, -0.25) is 4.79 Å². The molecular formula is C17H21BrN2O2S. The predicted molar refractivity (Wildman–Crippen MR) is 96.9 cm³/mol. The van der Waals surface area contributed by atoms with Crippen LogP contribution in [0.5, 0.6) is 5.75 Å². The van der Waals surface area contributed by atoms with E-state index in [1.54, 1.807) is 11.3 Å². The maximum Gasteiger partial charge on any atom is 0.220 e. The second-order valence-electron chi connectivity index (χ2n) is 5.20. The summed E-state index contributed by atoms with van der Waals surface area (Å²) in [7, 11) is 0. The van der Waals surface area contributed by atoms with Crippen LogP contribution in [0.25, 0.3) is 0 Å². The Morgan fingerprint density at radius 1 is 1.43 bits per heavy atom. The fourth-order valence-corrected chi connectivity index (χ4v) is 3.22. The van der Waals surface area contributed by atoms with Crippen molar-refractivity contribution in [3.63, 3.8) is 0 Å². The monoisotopic (exact) mass is 396 g/mol. The number of amides is 1. The van der Waals surface area contributed by atoms with Crippen LogP contribution < -0.4 is 10.1 Å². The van der Waals surface area contributed by atoms with Crippen molar-refractivity contribution in [1.29, 1.82) is 0 Å². The van der Waals surface area contributed by atoms with Crippen molar-refractivity contribution >= 4 is 33.2 Å². The number of aromatic nitrogens is 1. The van der Waals surface area contributed by atoms with E-state index in [-0.39, 0.29) is 5.91 Å². The van der Waals surface area contributed by atoms with E-state index in [4.69, 9.17) is 4.74 Å². The largest absolute Gasteiger partial charge is 0.492 e. The number of hydrogen-bond donors (Lipinski definition) is 1. The van der Waals surface area contributed by atoms with Gasteiger partial charge in [0.2, 0.25) is 5.91 Å². The summed E-state index contributed by atoms with van der Waals surface area (Å²) < 4.78 is 6.67. The molecule has 0 atom stereocenters. The molecule has 6 heteroatoms. The third kappa shape index (κ3) is 5.95. The molecule has 2 rings (SSSR count). The maximum absolute atomic E-state index is 11.8. The van der Waals surface area contributed by atoms with Gasteiger partial charge in [-0.1, -0.05) is 13.0 Å². The van der Waals surface area contributed by atoms with Crippen LogP contribution in [0.4, 0.5) is 0 Å². The van der Waals surface area contributed by atoms with Gasteiger partial charge in [-0.25, -0.2) is 4.98 Å². The van der Waals surface area contributed by atoms with Crippen LogP contribution in [-0.4, -0.2) is 17.5 Å². The molecule has 124 valence electrons. The second kappa shape index (κ2) is 9.03. The van der Waals surface area contributed by atoms with E-state index in [9.17, 15) is 4.79 Å². The molecule has 1 aromatic carbocycles. The van der Waals surface area contributed by atoms with Gasteiger partial charge in [0.05, 0.1) is 28.3 Å². The highest BCUT2D eigenvalue weighted by molar-refractivity contribution is 9.10. The molecule has 0 unspecified atom stereocenters. The first-order chi connectivity index (χ1) is 11.1. The number of thiazole rings is 1. The van der Waals surface area contributed by atoms with Crippen molar-refractivity contribution in [3.8, 4) is 5.75 Å². The zero-order chi connectivity index (χ0) is 16.7. The summed E-state index contributed by atoms with van der Waals surface area (Å²) in [6, 6.07) is 6.09. The van der Waals surface area contributed by atoms with E-state index in [0.29, 0.717) is 26.0 Å². The lowest BCUT2D eigenvalue weighted by Gasteiger charge is -2.09. The van der Waals surface area contributed by atoms with Gasteiger partial charge >= 0.3 is 0 Å². The maximum atomic E-state index is 11.8. The van der Waals surface area contributed by atoms with E-state index in [1.165, 1.54) is 5.56 Å². The molecule has 0 bridgehead atoms. The van der Waals surface area contributed by atoms with Gasteiger partial charge in [0.15, 0.2) is 0 Å². The quantitative estimate of drug-likeness (QED) is 0.678. The van der Waals surface area contributed by atoms with Gasteiger partial charge in [0, 0.05) is 11.8 Å². The summed E-state index contributed by atoms with van der Waals surface area (Å²) >= 11 is 5.10. The molecule has 0 aliphatic rings. The van der Waals surface area contributed by atoms with Crippen LogP contribution in [0.15, 0.2) is 28.1 Å². The van der Waals surface area contributed by atoms with Crippen LogP contribution in [0, 0.1) is 6.92 Å². The van der Waals surface area contributed by atoms with Crippen LogP contribution in [-0.2, 0) is 17.8 Å². The highest BCUT2D eigenvalue weighted by Gasteiger charge is 2.05. The summed E-state index contributed by atoms with van der Waals surface area (Å²) in [6.45, 7) is 5.09. The van der Waals surface area contributed by atoms with Crippen LogP contribution in [0.1, 0.15) is 36.0 Å². The molecule has 1 amide bonds. The molecule has 23 heavy (non-hydrogen) atoms. The lowest BCUT2D eigenvalue weighted by Crippen LogP contribution is -2.23. The van der Waals surface area contributed by atoms with E-state index < -0.39 is 0 Å². The summed E-state index contributed by atoms with van der Waals surface area (Å²) in [5.74, 6) is 0.847. The molecule has 0 saturated carbocycles.